The van der Waals surface area contributed by atoms with E-state index in [0.717, 1.165) is 30.3 Å². The minimum absolute atomic E-state index is 0.519. The molecular formula is C12H19N3. The van der Waals surface area contributed by atoms with Crippen molar-refractivity contribution in [3.05, 3.63) is 17.6 Å². The van der Waals surface area contributed by atoms with Crippen molar-refractivity contribution in [2.24, 2.45) is 5.41 Å². The van der Waals surface area contributed by atoms with Gasteiger partial charge >= 0.3 is 0 Å². The fourth-order valence-corrected chi connectivity index (χ4v) is 1.60. The van der Waals surface area contributed by atoms with Crippen molar-refractivity contribution in [1.29, 1.82) is 0 Å². The van der Waals surface area contributed by atoms with Crippen LogP contribution >= 0.6 is 0 Å². The first kappa shape index (κ1) is 10.4. The zero-order valence-electron chi connectivity index (χ0n) is 9.80. The summed E-state index contributed by atoms with van der Waals surface area (Å²) >= 11 is 0. The van der Waals surface area contributed by atoms with Gasteiger partial charge in [0.2, 0.25) is 0 Å². The van der Waals surface area contributed by atoms with E-state index in [1.54, 1.807) is 0 Å². The van der Waals surface area contributed by atoms with Crippen molar-refractivity contribution < 1.29 is 0 Å². The van der Waals surface area contributed by atoms with Crippen LogP contribution in [0.3, 0.4) is 0 Å². The third-order valence-corrected chi connectivity index (χ3v) is 3.05. The molecule has 0 saturated heterocycles. The van der Waals surface area contributed by atoms with Crippen LogP contribution in [-0.2, 0) is 6.42 Å². The SMILES string of the molecule is CCc1cc(NCC2(C)CC2)nc(C)n1. The van der Waals surface area contributed by atoms with E-state index < -0.39 is 0 Å². The maximum atomic E-state index is 4.39. The van der Waals surface area contributed by atoms with E-state index in [4.69, 9.17) is 0 Å². The highest BCUT2D eigenvalue weighted by atomic mass is 15.0. The molecule has 1 aliphatic rings. The van der Waals surface area contributed by atoms with Crippen LogP contribution in [0.1, 0.15) is 38.2 Å². The quantitative estimate of drug-likeness (QED) is 0.821. The smallest absolute Gasteiger partial charge is 0.129 e. The Morgan fingerprint density at radius 1 is 1.40 bits per heavy atom. The largest absolute Gasteiger partial charge is 0.369 e. The summed E-state index contributed by atoms with van der Waals surface area (Å²) in [6, 6.07) is 2.05. The molecule has 1 heterocycles. The molecule has 1 fully saturated rings. The van der Waals surface area contributed by atoms with Crippen LogP contribution in [0.25, 0.3) is 0 Å². The van der Waals surface area contributed by atoms with Crippen LogP contribution in [0.5, 0.6) is 0 Å². The number of anilines is 1. The molecule has 0 aliphatic heterocycles. The lowest BCUT2D eigenvalue weighted by atomic mass is 10.1. The van der Waals surface area contributed by atoms with Crippen LogP contribution in [0, 0.1) is 12.3 Å². The predicted octanol–water partition coefficient (Wildman–Crippen LogP) is 2.56. The molecule has 0 bridgehead atoms. The van der Waals surface area contributed by atoms with Gasteiger partial charge in [0.25, 0.3) is 0 Å². The summed E-state index contributed by atoms with van der Waals surface area (Å²) in [5.74, 6) is 1.84. The highest BCUT2D eigenvalue weighted by Gasteiger charge is 2.36. The van der Waals surface area contributed by atoms with Gasteiger partial charge in [-0.05, 0) is 31.6 Å². The first-order valence-electron chi connectivity index (χ1n) is 5.70. The summed E-state index contributed by atoms with van der Waals surface area (Å²) < 4.78 is 0. The van der Waals surface area contributed by atoms with Crippen molar-refractivity contribution >= 4 is 5.82 Å². The van der Waals surface area contributed by atoms with Gasteiger partial charge in [-0.15, -0.1) is 0 Å². The second-order valence-corrected chi connectivity index (χ2v) is 4.81. The zero-order chi connectivity index (χ0) is 10.9. The Morgan fingerprint density at radius 3 is 2.73 bits per heavy atom. The molecule has 0 radical (unpaired) electrons. The summed E-state index contributed by atoms with van der Waals surface area (Å²) in [6.45, 7) is 7.42. The fourth-order valence-electron chi connectivity index (χ4n) is 1.60. The number of nitrogens with one attached hydrogen (secondary N) is 1. The van der Waals surface area contributed by atoms with Gasteiger partial charge in [-0.2, -0.15) is 0 Å². The van der Waals surface area contributed by atoms with Crippen LogP contribution in [-0.4, -0.2) is 16.5 Å². The molecule has 3 heteroatoms. The Kier molecular flexibility index (Phi) is 2.63. The molecule has 1 aromatic heterocycles. The monoisotopic (exact) mass is 205 g/mol. The molecule has 2 rings (SSSR count). The van der Waals surface area contributed by atoms with Gasteiger partial charge in [0.1, 0.15) is 11.6 Å². The Bertz CT molecular complexity index is 356. The maximum absolute atomic E-state index is 4.39. The Morgan fingerprint density at radius 2 is 2.13 bits per heavy atom. The third-order valence-electron chi connectivity index (χ3n) is 3.05. The second-order valence-electron chi connectivity index (χ2n) is 4.81. The summed E-state index contributed by atoms with van der Waals surface area (Å²) in [4.78, 5) is 8.75. The van der Waals surface area contributed by atoms with E-state index in [1.165, 1.54) is 12.8 Å². The van der Waals surface area contributed by atoms with Crippen LogP contribution in [0.4, 0.5) is 5.82 Å². The normalized spacial score (nSPS) is 17.5. The van der Waals surface area contributed by atoms with Crippen molar-refractivity contribution in [3.8, 4) is 0 Å². The summed E-state index contributed by atoms with van der Waals surface area (Å²) in [5.41, 5.74) is 1.64. The topological polar surface area (TPSA) is 37.8 Å². The highest BCUT2D eigenvalue weighted by Crippen LogP contribution is 2.44. The highest BCUT2D eigenvalue weighted by molar-refractivity contribution is 5.36. The Balaban J connectivity index is 2.03. The van der Waals surface area contributed by atoms with E-state index in [2.05, 4.69) is 35.2 Å². The standard InChI is InChI=1S/C12H19N3/c1-4-10-7-11(15-9(2)14-10)13-8-12(3)5-6-12/h7H,4-6,8H2,1-3H3,(H,13,14,15). The Labute approximate surface area is 91.3 Å². The average molecular weight is 205 g/mol. The molecule has 15 heavy (non-hydrogen) atoms. The zero-order valence-corrected chi connectivity index (χ0v) is 9.80. The van der Waals surface area contributed by atoms with Crippen molar-refractivity contribution in [2.75, 3.05) is 11.9 Å². The van der Waals surface area contributed by atoms with Gasteiger partial charge < -0.3 is 5.32 Å². The molecule has 0 unspecified atom stereocenters. The van der Waals surface area contributed by atoms with E-state index in [-0.39, 0.29) is 0 Å². The molecule has 3 nitrogen and oxygen atoms in total. The molecule has 1 aromatic rings. The lowest BCUT2D eigenvalue weighted by Gasteiger charge is -2.11. The van der Waals surface area contributed by atoms with E-state index in [0.29, 0.717) is 5.41 Å². The van der Waals surface area contributed by atoms with Gasteiger partial charge in [0.05, 0.1) is 0 Å². The molecule has 1 saturated carbocycles. The lowest BCUT2D eigenvalue weighted by molar-refractivity contribution is 0.609. The minimum Gasteiger partial charge on any atom is -0.369 e. The van der Waals surface area contributed by atoms with E-state index in [1.807, 2.05) is 6.92 Å². The second kappa shape index (κ2) is 3.80. The number of nitrogens with zero attached hydrogens (tertiary/aromatic N) is 2. The summed E-state index contributed by atoms with van der Waals surface area (Å²) in [6.07, 6.45) is 3.64. The number of aromatic nitrogens is 2. The Hall–Kier alpha value is -1.12. The van der Waals surface area contributed by atoms with Gasteiger partial charge in [-0.1, -0.05) is 13.8 Å². The molecular weight excluding hydrogens is 186 g/mol. The first-order chi connectivity index (χ1) is 7.11. The van der Waals surface area contributed by atoms with Gasteiger partial charge in [0, 0.05) is 18.3 Å². The summed E-state index contributed by atoms with van der Waals surface area (Å²) in [7, 11) is 0. The lowest BCUT2D eigenvalue weighted by Crippen LogP contribution is -2.13. The average Bonchev–Trinajstić information content (AvgIpc) is 2.94. The van der Waals surface area contributed by atoms with Crippen LogP contribution < -0.4 is 5.32 Å². The molecule has 0 spiro atoms. The van der Waals surface area contributed by atoms with Gasteiger partial charge in [0.15, 0.2) is 0 Å². The maximum Gasteiger partial charge on any atom is 0.129 e. The number of aryl methyl sites for hydroxylation is 2. The number of hydrogen-bond acceptors (Lipinski definition) is 3. The van der Waals surface area contributed by atoms with Crippen LogP contribution in [0.15, 0.2) is 6.07 Å². The van der Waals surface area contributed by atoms with Crippen molar-refractivity contribution in [2.45, 2.75) is 40.0 Å². The van der Waals surface area contributed by atoms with Crippen molar-refractivity contribution in [1.82, 2.24) is 9.97 Å². The van der Waals surface area contributed by atoms with Crippen LogP contribution in [0.2, 0.25) is 0 Å². The molecule has 1 aliphatic carbocycles. The first-order valence-corrected chi connectivity index (χ1v) is 5.70. The molecule has 82 valence electrons. The van der Waals surface area contributed by atoms with Crippen molar-refractivity contribution in [3.63, 3.8) is 0 Å². The number of rotatable bonds is 4. The molecule has 0 aromatic carbocycles. The predicted molar refractivity (Wildman–Crippen MR) is 62.0 cm³/mol. The van der Waals surface area contributed by atoms with Gasteiger partial charge in [-0.3, -0.25) is 0 Å². The summed E-state index contributed by atoms with van der Waals surface area (Å²) in [5, 5.41) is 3.41. The van der Waals surface area contributed by atoms with E-state index in [9.17, 15) is 0 Å². The van der Waals surface area contributed by atoms with Gasteiger partial charge in [-0.25, -0.2) is 9.97 Å². The molecule has 0 atom stereocenters. The molecule has 0 amide bonds. The molecule has 1 N–H and O–H groups in total. The van der Waals surface area contributed by atoms with E-state index >= 15 is 0 Å². The minimum atomic E-state index is 0.519. The fraction of sp³-hybridized carbons (Fsp3) is 0.667. The number of hydrogen-bond donors (Lipinski definition) is 1. The third kappa shape index (κ3) is 2.67.